The second kappa shape index (κ2) is 6.80. The first-order valence-electron chi connectivity index (χ1n) is 5.51. The first-order valence-corrected chi connectivity index (χ1v) is 5.51. The van der Waals surface area contributed by atoms with Gasteiger partial charge in [0.1, 0.15) is 5.54 Å². The van der Waals surface area contributed by atoms with Gasteiger partial charge in [-0.05, 0) is 33.6 Å². The normalized spacial score (nSPS) is 15.3. The number of ether oxygens (including phenoxy) is 1. The minimum absolute atomic E-state index is 0.150. The Morgan fingerprint density at radius 1 is 1.47 bits per heavy atom. The van der Waals surface area contributed by atoms with Crippen LogP contribution in [-0.4, -0.2) is 35.9 Å². The molecule has 0 aliphatic carbocycles. The third-order valence-corrected chi connectivity index (χ3v) is 2.17. The van der Waals surface area contributed by atoms with E-state index >= 15 is 0 Å². The van der Waals surface area contributed by atoms with Crippen molar-refractivity contribution in [2.24, 2.45) is 0 Å². The fraction of sp³-hybridized carbons (Fsp3) is 0.909. The molecule has 0 bridgehead atoms. The summed E-state index contributed by atoms with van der Waals surface area (Å²) < 4.78 is 5.31. The van der Waals surface area contributed by atoms with E-state index < -0.39 is 11.5 Å². The highest BCUT2D eigenvalue weighted by Gasteiger charge is 2.32. The Balaban J connectivity index is 4.08. The van der Waals surface area contributed by atoms with E-state index in [0.29, 0.717) is 19.6 Å². The summed E-state index contributed by atoms with van der Waals surface area (Å²) in [4.78, 5) is 11.1. The summed E-state index contributed by atoms with van der Waals surface area (Å²) >= 11 is 0. The van der Waals surface area contributed by atoms with Gasteiger partial charge >= 0.3 is 5.97 Å². The van der Waals surface area contributed by atoms with Crippen molar-refractivity contribution in [3.8, 4) is 0 Å². The summed E-state index contributed by atoms with van der Waals surface area (Å²) in [5, 5.41) is 12.2. The van der Waals surface area contributed by atoms with Crippen LogP contribution in [0.2, 0.25) is 0 Å². The molecule has 0 heterocycles. The maximum Gasteiger partial charge on any atom is 0.323 e. The second-order valence-electron chi connectivity index (χ2n) is 4.30. The van der Waals surface area contributed by atoms with Gasteiger partial charge in [-0.3, -0.25) is 10.1 Å². The zero-order valence-electron chi connectivity index (χ0n) is 10.2. The number of hydrogen-bond donors (Lipinski definition) is 2. The van der Waals surface area contributed by atoms with Crippen LogP contribution in [0.5, 0.6) is 0 Å². The molecule has 0 rings (SSSR count). The van der Waals surface area contributed by atoms with E-state index in [1.807, 2.05) is 20.8 Å². The van der Waals surface area contributed by atoms with Crippen LogP contribution in [0.1, 0.15) is 40.5 Å². The minimum Gasteiger partial charge on any atom is -0.480 e. The van der Waals surface area contributed by atoms with Gasteiger partial charge in [-0.1, -0.05) is 6.92 Å². The Morgan fingerprint density at radius 2 is 2.07 bits per heavy atom. The molecule has 0 saturated carbocycles. The molecule has 4 heteroatoms. The highest BCUT2D eigenvalue weighted by Crippen LogP contribution is 2.11. The topological polar surface area (TPSA) is 58.6 Å². The quantitative estimate of drug-likeness (QED) is 0.607. The fourth-order valence-electron chi connectivity index (χ4n) is 1.40. The molecular formula is C11H23NO3. The number of carboxylic acids is 1. The van der Waals surface area contributed by atoms with Crippen molar-refractivity contribution in [3.63, 3.8) is 0 Å². The first kappa shape index (κ1) is 14.4. The van der Waals surface area contributed by atoms with Crippen LogP contribution in [0.15, 0.2) is 0 Å². The summed E-state index contributed by atoms with van der Waals surface area (Å²) in [6.07, 6.45) is 1.45. The van der Waals surface area contributed by atoms with Crippen LogP contribution >= 0.6 is 0 Å². The Bertz CT molecular complexity index is 194. The van der Waals surface area contributed by atoms with E-state index in [0.717, 1.165) is 6.42 Å². The number of carboxylic acid groups (broad SMARTS) is 1. The molecule has 1 unspecified atom stereocenters. The van der Waals surface area contributed by atoms with Gasteiger partial charge < -0.3 is 9.84 Å². The lowest BCUT2D eigenvalue weighted by Crippen LogP contribution is -2.53. The molecule has 0 aromatic rings. The van der Waals surface area contributed by atoms with Crippen molar-refractivity contribution in [2.45, 2.75) is 52.1 Å². The average Bonchev–Trinajstić information content (AvgIpc) is 2.11. The molecule has 2 N–H and O–H groups in total. The lowest BCUT2D eigenvalue weighted by Gasteiger charge is -2.28. The van der Waals surface area contributed by atoms with Crippen molar-refractivity contribution in [1.82, 2.24) is 5.32 Å². The highest BCUT2D eigenvalue weighted by molar-refractivity contribution is 5.78. The predicted octanol–water partition coefficient (Wildman–Crippen LogP) is 1.64. The lowest BCUT2D eigenvalue weighted by molar-refractivity contribution is -0.145. The predicted molar refractivity (Wildman–Crippen MR) is 60.0 cm³/mol. The summed E-state index contributed by atoms with van der Waals surface area (Å²) in [7, 11) is 0. The van der Waals surface area contributed by atoms with Crippen molar-refractivity contribution >= 4 is 5.97 Å². The van der Waals surface area contributed by atoms with E-state index in [-0.39, 0.29) is 6.04 Å². The molecule has 0 amide bonds. The number of aliphatic carboxylic acids is 1. The first-order chi connectivity index (χ1) is 6.92. The molecule has 15 heavy (non-hydrogen) atoms. The largest absolute Gasteiger partial charge is 0.480 e. The van der Waals surface area contributed by atoms with Crippen LogP contribution in [0, 0.1) is 0 Å². The molecule has 0 aromatic heterocycles. The summed E-state index contributed by atoms with van der Waals surface area (Å²) in [6.45, 7) is 8.78. The molecule has 90 valence electrons. The van der Waals surface area contributed by atoms with Gasteiger partial charge in [0.2, 0.25) is 0 Å². The van der Waals surface area contributed by atoms with Gasteiger partial charge in [0, 0.05) is 19.3 Å². The molecule has 0 spiro atoms. The summed E-state index contributed by atoms with van der Waals surface area (Å²) in [6, 6.07) is 0.150. The number of hydrogen-bond acceptors (Lipinski definition) is 3. The zero-order valence-corrected chi connectivity index (χ0v) is 10.2. The van der Waals surface area contributed by atoms with E-state index in [1.165, 1.54) is 0 Å². The van der Waals surface area contributed by atoms with E-state index in [1.54, 1.807) is 6.92 Å². The van der Waals surface area contributed by atoms with Gasteiger partial charge in [0.05, 0.1) is 0 Å². The third kappa shape index (κ3) is 5.74. The SMILES string of the molecule is CCCOCCC(C)(NC(C)C)C(=O)O. The molecule has 4 nitrogen and oxygen atoms in total. The van der Waals surface area contributed by atoms with Gasteiger partial charge in [0.25, 0.3) is 0 Å². The van der Waals surface area contributed by atoms with E-state index in [2.05, 4.69) is 5.32 Å². The Hall–Kier alpha value is -0.610. The van der Waals surface area contributed by atoms with Crippen LogP contribution in [-0.2, 0) is 9.53 Å². The molecule has 0 radical (unpaired) electrons. The van der Waals surface area contributed by atoms with Crippen LogP contribution in [0.3, 0.4) is 0 Å². The van der Waals surface area contributed by atoms with Gasteiger partial charge in [0.15, 0.2) is 0 Å². The van der Waals surface area contributed by atoms with Crippen LogP contribution < -0.4 is 5.32 Å². The average molecular weight is 217 g/mol. The highest BCUT2D eigenvalue weighted by atomic mass is 16.5. The standard InChI is InChI=1S/C11H23NO3/c1-5-7-15-8-6-11(4,10(13)14)12-9(2)3/h9,12H,5-8H2,1-4H3,(H,13,14). The monoisotopic (exact) mass is 217 g/mol. The Labute approximate surface area is 92.0 Å². The van der Waals surface area contributed by atoms with Crippen molar-refractivity contribution in [1.29, 1.82) is 0 Å². The lowest BCUT2D eigenvalue weighted by atomic mass is 9.97. The molecule has 0 aliphatic rings. The van der Waals surface area contributed by atoms with Crippen molar-refractivity contribution < 1.29 is 14.6 Å². The summed E-state index contributed by atoms with van der Waals surface area (Å²) in [5.41, 5.74) is -0.887. The molecule has 0 fully saturated rings. The van der Waals surface area contributed by atoms with Gasteiger partial charge in [-0.2, -0.15) is 0 Å². The zero-order chi connectivity index (χ0) is 11.9. The maximum absolute atomic E-state index is 11.1. The minimum atomic E-state index is -0.887. The number of rotatable bonds is 8. The molecule has 0 saturated heterocycles. The third-order valence-electron chi connectivity index (χ3n) is 2.17. The van der Waals surface area contributed by atoms with E-state index in [9.17, 15) is 4.79 Å². The number of nitrogens with one attached hydrogen (secondary N) is 1. The Kier molecular flexibility index (Phi) is 6.52. The van der Waals surface area contributed by atoms with Crippen molar-refractivity contribution in [3.05, 3.63) is 0 Å². The van der Waals surface area contributed by atoms with Gasteiger partial charge in [-0.15, -0.1) is 0 Å². The molecular weight excluding hydrogens is 194 g/mol. The second-order valence-corrected chi connectivity index (χ2v) is 4.30. The van der Waals surface area contributed by atoms with Crippen molar-refractivity contribution in [2.75, 3.05) is 13.2 Å². The molecule has 0 aliphatic heterocycles. The summed E-state index contributed by atoms with van der Waals surface area (Å²) in [5.74, 6) is -0.823. The molecule has 0 aromatic carbocycles. The maximum atomic E-state index is 11.1. The number of carbonyl (C=O) groups is 1. The fourth-order valence-corrected chi connectivity index (χ4v) is 1.40. The van der Waals surface area contributed by atoms with Crippen LogP contribution in [0.25, 0.3) is 0 Å². The smallest absolute Gasteiger partial charge is 0.323 e. The van der Waals surface area contributed by atoms with Gasteiger partial charge in [-0.25, -0.2) is 0 Å². The Morgan fingerprint density at radius 3 is 2.47 bits per heavy atom. The molecule has 1 atom stereocenters. The van der Waals surface area contributed by atoms with E-state index in [4.69, 9.17) is 9.84 Å². The van der Waals surface area contributed by atoms with Crippen LogP contribution in [0.4, 0.5) is 0 Å².